The van der Waals surface area contributed by atoms with Crippen molar-refractivity contribution in [3.63, 3.8) is 0 Å². The zero-order chi connectivity index (χ0) is 11.9. The van der Waals surface area contributed by atoms with Crippen molar-refractivity contribution in [1.82, 2.24) is 0 Å². The average molecular weight is 235 g/mol. The number of anilines is 1. The molecule has 1 aliphatic rings. The van der Waals surface area contributed by atoms with Gasteiger partial charge in [0.2, 0.25) is 0 Å². The second-order valence-corrected chi connectivity index (χ2v) is 4.55. The van der Waals surface area contributed by atoms with E-state index >= 15 is 0 Å². The lowest BCUT2D eigenvalue weighted by Crippen LogP contribution is -2.24. The van der Waals surface area contributed by atoms with Gasteiger partial charge in [-0.25, -0.2) is 0 Å². The summed E-state index contributed by atoms with van der Waals surface area (Å²) in [7, 11) is 1.73. The van der Waals surface area contributed by atoms with Crippen molar-refractivity contribution in [3.8, 4) is 0 Å². The van der Waals surface area contributed by atoms with Crippen LogP contribution in [0.1, 0.15) is 18.4 Å². The van der Waals surface area contributed by atoms with E-state index in [9.17, 15) is 0 Å². The van der Waals surface area contributed by atoms with E-state index in [4.69, 9.17) is 9.47 Å². The molecule has 0 spiro atoms. The predicted octanol–water partition coefficient (Wildman–Crippen LogP) is 2.67. The van der Waals surface area contributed by atoms with Gasteiger partial charge in [-0.1, -0.05) is 18.2 Å². The van der Waals surface area contributed by atoms with Gasteiger partial charge in [0.25, 0.3) is 0 Å². The Bertz CT molecular complexity index is 335. The monoisotopic (exact) mass is 235 g/mol. The van der Waals surface area contributed by atoms with Crippen LogP contribution in [0, 0.1) is 5.92 Å². The third-order valence-corrected chi connectivity index (χ3v) is 3.15. The fraction of sp³-hybridized carbons (Fsp3) is 0.571. The quantitative estimate of drug-likeness (QED) is 0.851. The number of ether oxygens (including phenoxy) is 2. The molecule has 3 nitrogen and oxygen atoms in total. The Hall–Kier alpha value is -1.06. The lowest BCUT2D eigenvalue weighted by Gasteiger charge is -2.23. The van der Waals surface area contributed by atoms with Gasteiger partial charge in [0.1, 0.15) is 0 Å². The van der Waals surface area contributed by atoms with Crippen LogP contribution in [-0.4, -0.2) is 26.9 Å². The first-order valence-electron chi connectivity index (χ1n) is 6.28. The Balaban J connectivity index is 1.88. The van der Waals surface area contributed by atoms with Gasteiger partial charge in [-0.05, 0) is 24.8 Å². The molecule has 0 aliphatic carbocycles. The van der Waals surface area contributed by atoms with Crippen molar-refractivity contribution in [2.24, 2.45) is 5.92 Å². The standard InChI is InChI=1S/C14H21NO2/c1-16-11-13-6-2-3-7-14(13)15-9-12-5-4-8-17-10-12/h2-3,6-7,12,15H,4-5,8-11H2,1H3. The Morgan fingerprint density at radius 2 is 2.29 bits per heavy atom. The van der Waals surface area contributed by atoms with Gasteiger partial charge >= 0.3 is 0 Å². The van der Waals surface area contributed by atoms with Crippen LogP contribution in [0.4, 0.5) is 5.69 Å². The molecule has 0 amide bonds. The number of hydrogen-bond acceptors (Lipinski definition) is 3. The molecule has 2 rings (SSSR count). The summed E-state index contributed by atoms with van der Waals surface area (Å²) < 4.78 is 10.7. The minimum atomic E-state index is 0.638. The molecule has 1 fully saturated rings. The molecule has 1 heterocycles. The number of nitrogens with one attached hydrogen (secondary N) is 1. The zero-order valence-electron chi connectivity index (χ0n) is 10.4. The number of hydrogen-bond donors (Lipinski definition) is 1. The predicted molar refractivity (Wildman–Crippen MR) is 69.2 cm³/mol. The summed E-state index contributed by atoms with van der Waals surface area (Å²) in [6.07, 6.45) is 2.45. The number of rotatable bonds is 5. The van der Waals surface area contributed by atoms with Gasteiger partial charge in [0.05, 0.1) is 13.2 Å². The third-order valence-electron chi connectivity index (χ3n) is 3.15. The summed E-state index contributed by atoms with van der Waals surface area (Å²) in [6, 6.07) is 8.31. The molecule has 0 aromatic heterocycles. The van der Waals surface area contributed by atoms with Crippen molar-refractivity contribution in [2.75, 3.05) is 32.2 Å². The first-order chi connectivity index (χ1) is 8.40. The molecule has 0 saturated carbocycles. The van der Waals surface area contributed by atoms with Crippen molar-refractivity contribution in [2.45, 2.75) is 19.4 Å². The first kappa shape index (κ1) is 12.4. The van der Waals surface area contributed by atoms with Gasteiger partial charge in [-0.3, -0.25) is 0 Å². The summed E-state index contributed by atoms with van der Waals surface area (Å²) in [5.74, 6) is 0.638. The van der Waals surface area contributed by atoms with Gasteiger partial charge in [-0.15, -0.1) is 0 Å². The minimum absolute atomic E-state index is 0.638. The van der Waals surface area contributed by atoms with Crippen LogP contribution in [0.25, 0.3) is 0 Å². The van der Waals surface area contributed by atoms with Gasteiger partial charge in [0, 0.05) is 31.5 Å². The van der Waals surface area contributed by atoms with E-state index in [1.54, 1.807) is 7.11 Å². The number of para-hydroxylation sites is 1. The van der Waals surface area contributed by atoms with E-state index in [1.165, 1.54) is 24.1 Å². The molecular weight excluding hydrogens is 214 g/mol. The van der Waals surface area contributed by atoms with E-state index in [-0.39, 0.29) is 0 Å². The summed E-state index contributed by atoms with van der Waals surface area (Å²) in [6.45, 7) is 3.46. The van der Waals surface area contributed by atoms with Gasteiger partial charge in [-0.2, -0.15) is 0 Å². The molecule has 1 aliphatic heterocycles. The molecule has 1 saturated heterocycles. The summed E-state index contributed by atoms with van der Waals surface area (Å²) in [5, 5.41) is 3.51. The van der Waals surface area contributed by atoms with Gasteiger partial charge in [0.15, 0.2) is 0 Å². The maximum atomic E-state index is 5.48. The first-order valence-corrected chi connectivity index (χ1v) is 6.28. The van der Waals surface area contributed by atoms with E-state index in [2.05, 4.69) is 23.5 Å². The van der Waals surface area contributed by atoms with Crippen molar-refractivity contribution >= 4 is 5.69 Å². The highest BCUT2D eigenvalue weighted by Gasteiger charge is 2.13. The van der Waals surface area contributed by atoms with Gasteiger partial charge < -0.3 is 14.8 Å². The fourth-order valence-corrected chi connectivity index (χ4v) is 2.20. The zero-order valence-corrected chi connectivity index (χ0v) is 10.4. The summed E-state index contributed by atoms with van der Waals surface area (Å²) in [5.41, 5.74) is 2.40. The molecule has 17 heavy (non-hydrogen) atoms. The molecule has 0 bridgehead atoms. The Morgan fingerprint density at radius 1 is 1.41 bits per heavy atom. The molecule has 1 N–H and O–H groups in total. The van der Waals surface area contributed by atoms with E-state index in [0.29, 0.717) is 12.5 Å². The van der Waals surface area contributed by atoms with E-state index in [1.807, 2.05) is 6.07 Å². The molecule has 0 radical (unpaired) electrons. The van der Waals surface area contributed by atoms with Crippen molar-refractivity contribution < 1.29 is 9.47 Å². The maximum absolute atomic E-state index is 5.48. The maximum Gasteiger partial charge on any atom is 0.0733 e. The molecule has 1 unspecified atom stereocenters. The Labute approximate surface area is 103 Å². The molecule has 1 atom stereocenters. The highest BCUT2D eigenvalue weighted by Crippen LogP contribution is 2.18. The molecule has 1 aromatic carbocycles. The van der Waals surface area contributed by atoms with Crippen LogP contribution in [-0.2, 0) is 16.1 Å². The fourth-order valence-electron chi connectivity index (χ4n) is 2.20. The number of methoxy groups -OCH3 is 1. The van der Waals surface area contributed by atoms with Crippen LogP contribution in [0.15, 0.2) is 24.3 Å². The van der Waals surface area contributed by atoms with E-state index in [0.717, 1.165) is 19.8 Å². The largest absolute Gasteiger partial charge is 0.384 e. The summed E-state index contributed by atoms with van der Waals surface area (Å²) in [4.78, 5) is 0. The van der Waals surface area contributed by atoms with E-state index < -0.39 is 0 Å². The lowest BCUT2D eigenvalue weighted by atomic mass is 10.0. The third kappa shape index (κ3) is 3.72. The Kier molecular flexibility index (Phi) is 4.83. The van der Waals surface area contributed by atoms with Crippen LogP contribution in [0.3, 0.4) is 0 Å². The highest BCUT2D eigenvalue weighted by atomic mass is 16.5. The normalized spacial score (nSPS) is 20.2. The minimum Gasteiger partial charge on any atom is -0.384 e. The molecule has 94 valence electrons. The topological polar surface area (TPSA) is 30.5 Å². The SMILES string of the molecule is COCc1ccccc1NCC1CCCOC1. The highest BCUT2D eigenvalue weighted by molar-refractivity contribution is 5.50. The lowest BCUT2D eigenvalue weighted by molar-refractivity contribution is 0.0595. The summed E-state index contributed by atoms with van der Waals surface area (Å²) >= 11 is 0. The van der Waals surface area contributed by atoms with Crippen LogP contribution in [0.2, 0.25) is 0 Å². The van der Waals surface area contributed by atoms with Crippen LogP contribution < -0.4 is 5.32 Å². The van der Waals surface area contributed by atoms with Crippen LogP contribution >= 0.6 is 0 Å². The van der Waals surface area contributed by atoms with Crippen molar-refractivity contribution in [1.29, 1.82) is 0 Å². The smallest absolute Gasteiger partial charge is 0.0733 e. The average Bonchev–Trinajstić information content (AvgIpc) is 2.39. The molecule has 1 aromatic rings. The number of benzene rings is 1. The second-order valence-electron chi connectivity index (χ2n) is 4.55. The molecule has 3 heteroatoms. The van der Waals surface area contributed by atoms with Crippen molar-refractivity contribution in [3.05, 3.63) is 29.8 Å². The van der Waals surface area contributed by atoms with Crippen LogP contribution in [0.5, 0.6) is 0 Å². The second kappa shape index (κ2) is 6.62. The molecular formula is C14H21NO2. The Morgan fingerprint density at radius 3 is 3.06 bits per heavy atom.